The first-order valence-corrected chi connectivity index (χ1v) is 11.7. The first kappa shape index (κ1) is 24.7. The van der Waals surface area contributed by atoms with Gasteiger partial charge >= 0.3 is 0 Å². The van der Waals surface area contributed by atoms with E-state index in [1.165, 1.54) is 6.07 Å². The lowest BCUT2D eigenvalue weighted by molar-refractivity contribution is -0.119. The van der Waals surface area contributed by atoms with Gasteiger partial charge in [0.1, 0.15) is 17.3 Å². The fraction of sp³-hybridized carbons (Fsp3) is 0.412. The van der Waals surface area contributed by atoms with Crippen LogP contribution in [-0.4, -0.2) is 59.4 Å². The molecule has 0 aliphatic heterocycles. The number of carbonyl (C=O) groups excluding carboxylic acids is 1. The Bertz CT molecular complexity index is 1060. The summed E-state index contributed by atoms with van der Waals surface area (Å²) in [5.74, 6) is -2.09. The summed E-state index contributed by atoms with van der Waals surface area (Å²) in [5, 5.41) is 22.6. The maximum Gasteiger partial charge on any atom is 0.266 e. The van der Waals surface area contributed by atoms with Gasteiger partial charge in [0, 0.05) is 24.5 Å². The summed E-state index contributed by atoms with van der Waals surface area (Å²) in [4.78, 5) is 11.7. The third kappa shape index (κ3) is 7.54. The molecule has 1 amide bonds. The van der Waals surface area contributed by atoms with Gasteiger partial charge in [0.15, 0.2) is 20.6 Å². The lowest BCUT2D eigenvalue weighted by Crippen LogP contribution is -2.37. The Labute approximate surface area is 180 Å². The molecule has 0 unspecified atom stereocenters. The zero-order valence-electron chi connectivity index (χ0n) is 16.4. The van der Waals surface area contributed by atoms with E-state index in [1.54, 1.807) is 6.92 Å². The molecular formula is C17H19F3N4O5S2. The monoisotopic (exact) mass is 480 g/mol. The lowest BCUT2D eigenvalue weighted by atomic mass is 10.0. The van der Waals surface area contributed by atoms with Crippen LogP contribution in [0.15, 0.2) is 33.0 Å². The summed E-state index contributed by atoms with van der Waals surface area (Å²) in [5.41, 5.74) is -0.527. The fourth-order valence-electron chi connectivity index (χ4n) is 2.48. The van der Waals surface area contributed by atoms with Crippen molar-refractivity contribution in [1.82, 2.24) is 15.6 Å². The van der Waals surface area contributed by atoms with E-state index in [9.17, 15) is 31.6 Å². The Morgan fingerprint density at radius 3 is 2.68 bits per heavy atom. The maximum atomic E-state index is 13.5. The molecule has 0 spiro atoms. The van der Waals surface area contributed by atoms with Crippen LogP contribution >= 0.6 is 11.8 Å². The Morgan fingerprint density at radius 1 is 1.35 bits per heavy atom. The standard InChI is InChI=1S/C17H19F3N4O5S2/c1-9(21-14(25)8-31(2,27)28)7-30-17-15(23-29-24-17)13(22-26)6-10-3-4-12(18)11(5-10)16(19)20/h3-5,9,16,26H,6-8H2,1-2H3,(H,21,25)/t9-/m1/s1. The number of hydrogen-bond acceptors (Lipinski definition) is 9. The largest absolute Gasteiger partial charge is 0.411 e. The number of thioether (sulfide) groups is 1. The van der Waals surface area contributed by atoms with Gasteiger partial charge in [0.05, 0.1) is 5.56 Å². The molecule has 0 saturated heterocycles. The van der Waals surface area contributed by atoms with Crippen molar-refractivity contribution in [1.29, 1.82) is 0 Å². The van der Waals surface area contributed by atoms with Gasteiger partial charge in [-0.3, -0.25) is 4.79 Å². The molecule has 1 aromatic carbocycles. The summed E-state index contributed by atoms with van der Waals surface area (Å²) in [7, 11) is -3.46. The maximum absolute atomic E-state index is 13.5. The molecule has 0 aliphatic carbocycles. The smallest absolute Gasteiger partial charge is 0.266 e. The van der Waals surface area contributed by atoms with Crippen LogP contribution in [0.3, 0.4) is 0 Å². The molecular weight excluding hydrogens is 461 g/mol. The first-order chi connectivity index (χ1) is 14.5. The van der Waals surface area contributed by atoms with E-state index in [0.717, 1.165) is 30.2 Å². The number of oxime groups is 1. The highest BCUT2D eigenvalue weighted by Gasteiger charge is 2.21. The highest BCUT2D eigenvalue weighted by molar-refractivity contribution is 7.99. The van der Waals surface area contributed by atoms with Crippen molar-refractivity contribution in [3.8, 4) is 0 Å². The molecule has 2 N–H and O–H groups in total. The van der Waals surface area contributed by atoms with Gasteiger partial charge in [-0.05, 0) is 34.9 Å². The Balaban J connectivity index is 2.06. The number of rotatable bonds is 10. The molecule has 0 bridgehead atoms. The van der Waals surface area contributed by atoms with Gasteiger partial charge < -0.3 is 10.5 Å². The number of aromatic nitrogens is 2. The molecule has 9 nitrogen and oxygen atoms in total. The van der Waals surface area contributed by atoms with Gasteiger partial charge in [-0.2, -0.15) is 0 Å². The third-order valence-corrected chi connectivity index (χ3v) is 5.78. The van der Waals surface area contributed by atoms with Crippen LogP contribution in [0.5, 0.6) is 0 Å². The van der Waals surface area contributed by atoms with E-state index in [1.807, 2.05) is 0 Å². The number of sulfone groups is 1. The van der Waals surface area contributed by atoms with Crippen molar-refractivity contribution in [3.63, 3.8) is 0 Å². The Morgan fingerprint density at radius 2 is 2.06 bits per heavy atom. The average molecular weight is 480 g/mol. The van der Waals surface area contributed by atoms with Gasteiger partial charge in [0.25, 0.3) is 6.43 Å². The zero-order valence-corrected chi connectivity index (χ0v) is 18.0. The number of amides is 1. The number of nitrogens with zero attached hydrogens (tertiary/aromatic N) is 3. The van der Waals surface area contributed by atoms with Crippen molar-refractivity contribution in [2.45, 2.75) is 30.8 Å². The number of carbonyl (C=O) groups is 1. The summed E-state index contributed by atoms with van der Waals surface area (Å²) in [6.07, 6.45) is -2.21. The fourth-order valence-corrected chi connectivity index (χ4v) is 3.91. The lowest BCUT2D eigenvalue weighted by Gasteiger charge is -2.12. The second-order valence-electron chi connectivity index (χ2n) is 6.65. The van der Waals surface area contributed by atoms with E-state index >= 15 is 0 Å². The Hall–Kier alpha value is -2.61. The van der Waals surface area contributed by atoms with Gasteiger partial charge in [-0.15, -0.1) is 0 Å². The molecule has 0 aliphatic rings. The van der Waals surface area contributed by atoms with Gasteiger partial charge in [0.2, 0.25) is 5.91 Å². The van der Waals surface area contributed by atoms with E-state index in [2.05, 4.69) is 25.4 Å². The van der Waals surface area contributed by atoms with Crippen LogP contribution < -0.4 is 5.32 Å². The molecule has 2 aromatic rings. The van der Waals surface area contributed by atoms with Crippen LogP contribution in [0.2, 0.25) is 0 Å². The number of hydrogen-bond donors (Lipinski definition) is 2. The van der Waals surface area contributed by atoms with Gasteiger partial charge in [-0.25, -0.2) is 26.2 Å². The van der Waals surface area contributed by atoms with E-state index in [0.29, 0.717) is 0 Å². The van der Waals surface area contributed by atoms with Crippen molar-refractivity contribution >= 4 is 33.2 Å². The van der Waals surface area contributed by atoms with E-state index in [-0.39, 0.29) is 34.2 Å². The summed E-state index contributed by atoms with van der Waals surface area (Å²) < 4.78 is 66.2. The Kier molecular flexibility index (Phi) is 8.44. The van der Waals surface area contributed by atoms with Crippen molar-refractivity contribution in [2.24, 2.45) is 5.16 Å². The van der Waals surface area contributed by atoms with Crippen molar-refractivity contribution < 1.29 is 36.2 Å². The van der Waals surface area contributed by atoms with Crippen LogP contribution in [0, 0.1) is 5.82 Å². The minimum absolute atomic E-state index is 0.0464. The highest BCUT2D eigenvalue weighted by Crippen LogP contribution is 2.25. The minimum Gasteiger partial charge on any atom is -0.411 e. The second kappa shape index (κ2) is 10.6. The van der Waals surface area contributed by atoms with Crippen LogP contribution in [0.4, 0.5) is 13.2 Å². The SMILES string of the molecule is C[C@H](CSc1nonc1C(Cc1ccc(F)c(C(F)F)c1)=NO)NC(=O)CS(C)(=O)=O. The minimum atomic E-state index is -3.46. The number of benzene rings is 1. The normalized spacial score (nSPS) is 13.4. The number of halogens is 3. The van der Waals surface area contributed by atoms with Crippen molar-refractivity contribution in [3.05, 3.63) is 40.8 Å². The molecule has 1 heterocycles. The molecule has 1 aromatic heterocycles. The molecule has 1 atom stereocenters. The van der Waals surface area contributed by atoms with Crippen LogP contribution in [-0.2, 0) is 21.1 Å². The van der Waals surface area contributed by atoms with Crippen molar-refractivity contribution in [2.75, 3.05) is 17.8 Å². The molecule has 170 valence electrons. The second-order valence-corrected chi connectivity index (χ2v) is 9.80. The number of alkyl halides is 2. The van der Waals surface area contributed by atoms with E-state index in [4.69, 9.17) is 0 Å². The molecule has 0 fully saturated rings. The molecule has 14 heteroatoms. The molecule has 0 radical (unpaired) electrons. The van der Waals surface area contributed by atoms with Gasteiger partial charge in [-0.1, -0.05) is 23.0 Å². The summed E-state index contributed by atoms with van der Waals surface area (Å²) in [6.45, 7) is 1.64. The van der Waals surface area contributed by atoms with Crippen LogP contribution in [0.1, 0.15) is 30.2 Å². The predicted octanol–water partition coefficient (Wildman–Crippen LogP) is 2.21. The quantitative estimate of drug-likeness (QED) is 0.229. The van der Waals surface area contributed by atoms with Crippen LogP contribution in [0.25, 0.3) is 0 Å². The molecule has 0 saturated carbocycles. The first-order valence-electron chi connectivity index (χ1n) is 8.70. The summed E-state index contributed by atoms with van der Waals surface area (Å²) in [6, 6.07) is 2.68. The predicted molar refractivity (Wildman–Crippen MR) is 106 cm³/mol. The highest BCUT2D eigenvalue weighted by atomic mass is 32.2. The third-order valence-electron chi connectivity index (χ3n) is 3.79. The number of nitrogens with one attached hydrogen (secondary N) is 1. The van der Waals surface area contributed by atoms with E-state index < -0.39 is 45.3 Å². The average Bonchev–Trinajstić information content (AvgIpc) is 3.12. The summed E-state index contributed by atoms with van der Waals surface area (Å²) >= 11 is 1.08. The zero-order chi connectivity index (χ0) is 23.2. The topological polar surface area (TPSA) is 135 Å². The molecule has 31 heavy (non-hydrogen) atoms. The molecule has 2 rings (SSSR count).